The van der Waals surface area contributed by atoms with Crippen LogP contribution in [-0.2, 0) is 51.3 Å². The van der Waals surface area contributed by atoms with Gasteiger partial charge in [0.05, 0.1) is 47.1 Å². The van der Waals surface area contributed by atoms with Gasteiger partial charge in [0.2, 0.25) is 0 Å². The van der Waals surface area contributed by atoms with Gasteiger partial charge in [0.15, 0.2) is 5.75 Å². The van der Waals surface area contributed by atoms with Crippen molar-refractivity contribution in [2.45, 2.75) is 96.3 Å². The lowest BCUT2D eigenvalue weighted by Crippen LogP contribution is -2.51. The van der Waals surface area contributed by atoms with Gasteiger partial charge in [0.1, 0.15) is 17.9 Å². The van der Waals surface area contributed by atoms with Gasteiger partial charge in [0.25, 0.3) is 0 Å². The number of alkyl halides is 3. The van der Waals surface area contributed by atoms with E-state index in [-0.39, 0.29) is 42.1 Å². The van der Waals surface area contributed by atoms with Gasteiger partial charge < -0.3 is 36.7 Å². The highest BCUT2D eigenvalue weighted by atomic mass is 32.2. The lowest BCUT2D eigenvalue weighted by molar-refractivity contribution is -0.148. The van der Waals surface area contributed by atoms with Crippen LogP contribution >= 0.6 is 0 Å². The number of rotatable bonds is 11. The highest BCUT2D eigenvalue weighted by molar-refractivity contribution is 7.88. The van der Waals surface area contributed by atoms with Gasteiger partial charge in [0, 0.05) is 11.5 Å². The zero-order valence-electron chi connectivity index (χ0n) is 28.5. The number of ether oxygens (including phenoxy) is 2. The first-order valence-electron chi connectivity index (χ1n) is 15.6. The molecule has 3 aromatic rings. The van der Waals surface area contributed by atoms with Crippen LogP contribution in [0.4, 0.5) is 13.2 Å². The Kier molecular flexibility index (Phi) is 9.69. The molecule has 11 nitrogen and oxygen atoms in total. The van der Waals surface area contributed by atoms with E-state index in [2.05, 4.69) is 4.18 Å². The van der Waals surface area contributed by atoms with E-state index in [1.54, 1.807) is 24.3 Å². The van der Waals surface area contributed by atoms with Crippen LogP contribution in [0.2, 0.25) is 0 Å². The Morgan fingerprint density at radius 2 is 1.49 bits per heavy atom. The summed E-state index contributed by atoms with van der Waals surface area (Å²) >= 11 is 0. The average molecular weight is 710 g/mol. The first-order valence-corrected chi connectivity index (χ1v) is 17.0. The van der Waals surface area contributed by atoms with E-state index in [4.69, 9.17) is 32.5 Å². The maximum absolute atomic E-state index is 13.0. The highest BCUT2D eigenvalue weighted by Gasteiger charge is 2.66. The molecule has 3 heterocycles. The number of para-hydroxylation sites is 1. The molecule has 2 aliphatic heterocycles. The zero-order chi connectivity index (χ0) is 36.2. The number of benzene rings is 2. The minimum Gasteiger partial charge on any atom is -0.489 e. The third-order valence-corrected chi connectivity index (χ3v) is 10.6. The third kappa shape index (κ3) is 7.32. The van der Waals surface area contributed by atoms with Crippen LogP contribution in [-0.4, -0.2) is 62.9 Å². The summed E-state index contributed by atoms with van der Waals surface area (Å²) in [5.41, 5.74) is -7.58. The van der Waals surface area contributed by atoms with Crippen LogP contribution in [0, 0.1) is 5.92 Å². The predicted molar refractivity (Wildman–Crippen MR) is 173 cm³/mol. The molecule has 17 heteroatoms. The van der Waals surface area contributed by atoms with E-state index < -0.39 is 63.8 Å². The van der Waals surface area contributed by atoms with Crippen molar-refractivity contribution in [3.05, 3.63) is 59.9 Å². The number of furan rings is 1. The van der Waals surface area contributed by atoms with Gasteiger partial charge in [-0.15, -0.1) is 0 Å². The summed E-state index contributed by atoms with van der Waals surface area (Å²) in [4.78, 5) is 13.0. The topological polar surface area (TPSA) is 129 Å². The molecule has 0 N–H and O–H groups in total. The van der Waals surface area contributed by atoms with Crippen molar-refractivity contribution in [1.82, 2.24) is 0 Å². The number of hydrogen-bond acceptors (Lipinski definition) is 11. The normalized spacial score (nSPS) is 22.3. The fourth-order valence-electron chi connectivity index (χ4n) is 5.58. The summed E-state index contributed by atoms with van der Waals surface area (Å²) in [6.45, 7) is 15.2. The first-order chi connectivity index (χ1) is 22.6. The van der Waals surface area contributed by atoms with E-state index in [1.807, 2.05) is 55.4 Å². The van der Waals surface area contributed by atoms with Crippen molar-refractivity contribution >= 4 is 41.1 Å². The molecular weight excluding hydrogens is 671 g/mol. The highest BCUT2D eigenvalue weighted by Crippen LogP contribution is 2.46. The number of esters is 1. The molecule has 0 aliphatic carbocycles. The second-order valence-corrected chi connectivity index (χ2v) is 15.5. The van der Waals surface area contributed by atoms with Crippen LogP contribution in [0.15, 0.2) is 53.1 Å². The van der Waals surface area contributed by atoms with Gasteiger partial charge in [-0.1, -0.05) is 25.1 Å². The lowest BCUT2D eigenvalue weighted by Gasteiger charge is -2.41. The SMILES string of the molecule is CC(COC(=O)Cc1ccccc1OCc1cc(OS(=O)(=O)C(F)(F)F)c2ccoc2c1)C1(C)OB(B2OC(C)(C)C(C)(C)O2)OC1(C)C. The number of carbonyl (C=O) groups is 1. The molecular formula is C32H39B2F3O11S. The first kappa shape index (κ1) is 37.0. The van der Waals surface area contributed by atoms with Crippen LogP contribution in [0.1, 0.15) is 66.5 Å². The lowest BCUT2D eigenvalue weighted by atomic mass is 9.49. The van der Waals surface area contributed by atoms with Crippen LogP contribution in [0.5, 0.6) is 11.5 Å². The van der Waals surface area contributed by atoms with Crippen LogP contribution < -0.4 is 8.92 Å². The van der Waals surface area contributed by atoms with E-state index in [0.717, 1.165) is 6.07 Å². The van der Waals surface area contributed by atoms with E-state index in [0.29, 0.717) is 11.3 Å². The van der Waals surface area contributed by atoms with Crippen molar-refractivity contribution in [2.24, 2.45) is 5.92 Å². The molecule has 2 aliphatic rings. The number of hydrogen-bond donors (Lipinski definition) is 0. The molecule has 5 rings (SSSR count). The Bertz CT molecular complexity index is 1790. The average Bonchev–Trinajstić information content (AvgIpc) is 3.62. The largest absolute Gasteiger partial charge is 0.534 e. The molecule has 0 radical (unpaired) electrons. The van der Waals surface area contributed by atoms with E-state index in [9.17, 15) is 26.4 Å². The molecule has 2 atom stereocenters. The standard InChI is InChI=1S/C32H39B2F3O11S/c1-20(31(8)30(6,7)47-34(48-31)33-45-28(2,3)29(4,5)46-33)18-43-27(38)17-22-11-9-10-12-24(22)42-19-21-15-25-23(13-14-41-25)26(16-21)44-49(39,40)32(35,36)37/h9-16,20H,17-19H2,1-8H3. The summed E-state index contributed by atoms with van der Waals surface area (Å²) in [7, 11) is -7.47. The van der Waals surface area contributed by atoms with Crippen LogP contribution in [0.25, 0.3) is 11.0 Å². The molecule has 2 saturated heterocycles. The van der Waals surface area contributed by atoms with Crippen molar-refractivity contribution in [2.75, 3.05) is 6.61 Å². The van der Waals surface area contributed by atoms with Gasteiger partial charge in [-0.25, -0.2) is 0 Å². The second-order valence-electron chi connectivity index (χ2n) is 13.9. The fourth-order valence-corrected chi connectivity index (χ4v) is 6.05. The monoisotopic (exact) mass is 710 g/mol. The summed E-state index contributed by atoms with van der Waals surface area (Å²) < 4.78 is 109. The smallest absolute Gasteiger partial charge is 0.489 e. The third-order valence-electron chi connectivity index (χ3n) is 9.67. The molecule has 2 fully saturated rings. The molecule has 0 bridgehead atoms. The van der Waals surface area contributed by atoms with Gasteiger partial charge >= 0.3 is 35.6 Å². The summed E-state index contributed by atoms with van der Waals surface area (Å²) in [6.07, 6.45) is 1.04. The van der Waals surface area contributed by atoms with Crippen molar-refractivity contribution in [1.29, 1.82) is 0 Å². The minimum atomic E-state index is -5.93. The van der Waals surface area contributed by atoms with Crippen molar-refractivity contribution < 1.29 is 63.1 Å². The second kappa shape index (κ2) is 12.8. The van der Waals surface area contributed by atoms with Crippen molar-refractivity contribution in [3.8, 4) is 11.5 Å². The number of fused-ring (bicyclic) bond motifs is 1. The molecule has 266 valence electrons. The summed E-state index contributed by atoms with van der Waals surface area (Å²) in [5, 5.41) is 0.0318. The molecule has 2 unspecified atom stereocenters. The molecule has 49 heavy (non-hydrogen) atoms. The van der Waals surface area contributed by atoms with Gasteiger partial charge in [-0.3, -0.25) is 4.79 Å². The molecule has 2 aromatic carbocycles. The molecule has 0 spiro atoms. The Balaban J connectivity index is 1.21. The molecule has 0 saturated carbocycles. The quantitative estimate of drug-likeness (QED) is 0.0976. The Labute approximate surface area is 284 Å². The molecule has 0 amide bonds. The minimum absolute atomic E-state index is 0.0218. The number of carbonyl (C=O) groups excluding carboxylic acids is 1. The van der Waals surface area contributed by atoms with Crippen LogP contribution in [0.3, 0.4) is 0 Å². The molecule has 1 aromatic heterocycles. The number of halogens is 3. The summed E-state index contributed by atoms with van der Waals surface area (Å²) in [6, 6.07) is 10.6. The van der Waals surface area contributed by atoms with Gasteiger partial charge in [-0.2, -0.15) is 21.6 Å². The van der Waals surface area contributed by atoms with E-state index in [1.165, 1.54) is 18.4 Å². The predicted octanol–water partition coefficient (Wildman–Crippen LogP) is 6.20. The fraction of sp³-hybridized carbons (Fsp3) is 0.531. The maximum atomic E-state index is 13.0. The van der Waals surface area contributed by atoms with Crippen molar-refractivity contribution in [3.63, 3.8) is 0 Å². The Morgan fingerprint density at radius 1 is 0.878 bits per heavy atom. The Morgan fingerprint density at radius 3 is 2.14 bits per heavy atom. The Hall–Kier alpha value is -3.24. The summed E-state index contributed by atoms with van der Waals surface area (Å²) in [5.74, 6) is -1.09. The maximum Gasteiger partial charge on any atom is 0.534 e. The zero-order valence-corrected chi connectivity index (χ0v) is 29.3. The van der Waals surface area contributed by atoms with Gasteiger partial charge in [-0.05, 0) is 78.3 Å². The van der Waals surface area contributed by atoms with E-state index >= 15 is 0 Å².